The van der Waals surface area contributed by atoms with Crippen LogP contribution in [0, 0.1) is 5.92 Å². The lowest BCUT2D eigenvalue weighted by Crippen LogP contribution is -2.48. The number of amides is 1. The number of morpholine rings is 1. The van der Waals surface area contributed by atoms with Gasteiger partial charge in [0.25, 0.3) is 0 Å². The fourth-order valence-corrected chi connectivity index (χ4v) is 2.85. The van der Waals surface area contributed by atoms with Gasteiger partial charge in [-0.3, -0.25) is 9.89 Å². The number of rotatable bonds is 7. The Balaban J connectivity index is 1.52. The zero-order valence-corrected chi connectivity index (χ0v) is 13.2. The van der Waals surface area contributed by atoms with Gasteiger partial charge < -0.3 is 14.5 Å². The van der Waals surface area contributed by atoms with E-state index < -0.39 is 0 Å². The molecular formula is C15H25N5O2. The second-order valence-corrected chi connectivity index (χ2v) is 6.43. The van der Waals surface area contributed by atoms with Crippen molar-refractivity contribution in [2.45, 2.75) is 31.8 Å². The van der Waals surface area contributed by atoms with Gasteiger partial charge in [-0.05, 0) is 25.8 Å². The summed E-state index contributed by atoms with van der Waals surface area (Å²) in [4.78, 5) is 20.9. The zero-order valence-electron chi connectivity index (χ0n) is 13.2. The number of ether oxygens (including phenoxy) is 1. The summed E-state index contributed by atoms with van der Waals surface area (Å²) in [5, 5.41) is 6.63. The second kappa shape index (κ2) is 7.19. The van der Waals surface area contributed by atoms with Gasteiger partial charge in [0.1, 0.15) is 12.2 Å². The molecule has 1 aliphatic carbocycles. The number of nitrogens with one attached hydrogen (secondary N) is 1. The molecule has 1 aliphatic heterocycles. The predicted octanol–water partition coefficient (Wildman–Crippen LogP) is 0.307. The van der Waals surface area contributed by atoms with Crippen LogP contribution in [0.4, 0.5) is 0 Å². The summed E-state index contributed by atoms with van der Waals surface area (Å²) in [6.45, 7) is 4.20. The third-order valence-electron chi connectivity index (χ3n) is 4.33. The van der Waals surface area contributed by atoms with Gasteiger partial charge in [0.2, 0.25) is 5.91 Å². The Labute approximate surface area is 131 Å². The molecule has 7 nitrogen and oxygen atoms in total. The number of nitrogens with zero attached hydrogens (tertiary/aromatic N) is 4. The van der Waals surface area contributed by atoms with Crippen molar-refractivity contribution in [3.63, 3.8) is 0 Å². The van der Waals surface area contributed by atoms with Gasteiger partial charge in [-0.1, -0.05) is 0 Å². The molecule has 0 radical (unpaired) electrons. The highest BCUT2D eigenvalue weighted by molar-refractivity contribution is 5.76. The maximum atomic E-state index is 12.6. The van der Waals surface area contributed by atoms with Crippen molar-refractivity contribution in [2.24, 2.45) is 5.92 Å². The highest BCUT2D eigenvalue weighted by Gasteiger charge is 2.29. The van der Waals surface area contributed by atoms with Gasteiger partial charge in [0.05, 0.1) is 12.7 Å². The van der Waals surface area contributed by atoms with Crippen LogP contribution in [0.5, 0.6) is 0 Å². The van der Waals surface area contributed by atoms with E-state index in [1.165, 1.54) is 19.2 Å². The molecule has 1 amide bonds. The van der Waals surface area contributed by atoms with Gasteiger partial charge >= 0.3 is 0 Å². The fourth-order valence-electron chi connectivity index (χ4n) is 2.85. The van der Waals surface area contributed by atoms with E-state index in [0.717, 1.165) is 32.1 Å². The van der Waals surface area contributed by atoms with E-state index in [9.17, 15) is 4.79 Å². The van der Waals surface area contributed by atoms with Crippen LogP contribution < -0.4 is 0 Å². The van der Waals surface area contributed by atoms with Crippen LogP contribution in [0.2, 0.25) is 0 Å². The first-order chi connectivity index (χ1) is 10.7. The van der Waals surface area contributed by atoms with Gasteiger partial charge in [0.15, 0.2) is 0 Å². The second-order valence-electron chi connectivity index (χ2n) is 6.43. The summed E-state index contributed by atoms with van der Waals surface area (Å²) in [5.74, 6) is 1.66. The molecule has 2 aliphatic rings. The zero-order chi connectivity index (χ0) is 15.4. The lowest BCUT2D eigenvalue weighted by Gasteiger charge is -2.34. The molecule has 1 saturated heterocycles. The molecule has 1 aromatic rings. The molecule has 0 bridgehead atoms. The number of hydrogen-bond donors (Lipinski definition) is 1. The molecule has 22 heavy (non-hydrogen) atoms. The molecule has 0 spiro atoms. The molecule has 7 heteroatoms. The largest absolute Gasteiger partial charge is 0.374 e. The Morgan fingerprint density at radius 3 is 3.05 bits per heavy atom. The van der Waals surface area contributed by atoms with Crippen molar-refractivity contribution in [3.8, 4) is 0 Å². The number of aromatic nitrogens is 3. The Hall–Kier alpha value is -1.47. The van der Waals surface area contributed by atoms with E-state index in [1.807, 2.05) is 4.90 Å². The molecular weight excluding hydrogens is 282 g/mol. The molecule has 3 rings (SSSR count). The fraction of sp³-hybridized carbons (Fsp3) is 0.800. The molecule has 1 unspecified atom stereocenters. The Kier molecular flexibility index (Phi) is 5.04. The maximum Gasteiger partial charge on any atom is 0.223 e. The number of hydrogen-bond acceptors (Lipinski definition) is 5. The highest BCUT2D eigenvalue weighted by Crippen LogP contribution is 2.30. The van der Waals surface area contributed by atoms with Crippen LogP contribution in [0.3, 0.4) is 0 Å². The smallest absolute Gasteiger partial charge is 0.223 e. The molecule has 1 aromatic heterocycles. The van der Waals surface area contributed by atoms with E-state index in [0.29, 0.717) is 25.3 Å². The van der Waals surface area contributed by atoms with Crippen LogP contribution >= 0.6 is 0 Å². The average molecular weight is 307 g/mol. The van der Waals surface area contributed by atoms with Crippen molar-refractivity contribution < 1.29 is 9.53 Å². The first kappa shape index (κ1) is 15.4. The van der Waals surface area contributed by atoms with Gasteiger partial charge in [-0.2, -0.15) is 5.10 Å². The minimum absolute atomic E-state index is 0.131. The summed E-state index contributed by atoms with van der Waals surface area (Å²) in [6.07, 6.45) is 5.20. The molecule has 0 aromatic carbocycles. The number of aromatic amines is 1. The van der Waals surface area contributed by atoms with E-state index >= 15 is 0 Å². The minimum atomic E-state index is 0.131. The lowest BCUT2D eigenvalue weighted by molar-refractivity contribution is -0.134. The van der Waals surface area contributed by atoms with Crippen LogP contribution in [0.15, 0.2) is 6.33 Å². The van der Waals surface area contributed by atoms with E-state index in [4.69, 9.17) is 4.74 Å². The number of carbonyl (C=O) groups excluding carboxylic acids is 1. The third-order valence-corrected chi connectivity index (χ3v) is 4.33. The number of likely N-dealkylation sites (N-methyl/N-ethyl adjacent to an activating group) is 1. The van der Waals surface area contributed by atoms with Crippen LogP contribution in [0.25, 0.3) is 0 Å². The van der Waals surface area contributed by atoms with Crippen molar-refractivity contribution in [2.75, 3.05) is 39.8 Å². The van der Waals surface area contributed by atoms with Gasteiger partial charge in [-0.25, -0.2) is 4.98 Å². The molecule has 2 heterocycles. The molecule has 1 saturated carbocycles. The Morgan fingerprint density at radius 1 is 1.50 bits per heavy atom. The monoisotopic (exact) mass is 307 g/mol. The maximum absolute atomic E-state index is 12.6. The number of H-pyrrole nitrogens is 1. The summed E-state index contributed by atoms with van der Waals surface area (Å²) in [6, 6.07) is 0. The predicted molar refractivity (Wildman–Crippen MR) is 81.2 cm³/mol. The Morgan fingerprint density at radius 2 is 2.36 bits per heavy atom. The highest BCUT2D eigenvalue weighted by atomic mass is 16.5. The summed E-state index contributed by atoms with van der Waals surface area (Å²) in [7, 11) is 2.10. The molecule has 1 N–H and O–H groups in total. The Bertz CT molecular complexity index is 474. The first-order valence-electron chi connectivity index (χ1n) is 8.13. The standard InChI is InChI=1S/C15H25N5O2/c1-19-6-7-22-13(9-19)10-20(8-12-2-3-12)15(21)5-4-14-16-11-17-18-14/h11-13H,2-10H2,1H3,(H,16,17,18). The number of aryl methyl sites for hydroxylation is 1. The van der Waals surface area contributed by atoms with Crippen LogP contribution in [-0.2, 0) is 16.0 Å². The first-order valence-corrected chi connectivity index (χ1v) is 8.13. The summed E-state index contributed by atoms with van der Waals surface area (Å²) < 4.78 is 5.82. The lowest BCUT2D eigenvalue weighted by atomic mass is 10.2. The summed E-state index contributed by atoms with van der Waals surface area (Å²) in [5.41, 5.74) is 0. The van der Waals surface area contributed by atoms with E-state index in [2.05, 4.69) is 27.1 Å². The summed E-state index contributed by atoms with van der Waals surface area (Å²) >= 11 is 0. The average Bonchev–Trinajstić information content (AvgIpc) is 3.16. The van der Waals surface area contributed by atoms with Crippen LogP contribution in [-0.4, -0.2) is 76.8 Å². The normalized spacial score (nSPS) is 22.7. The van der Waals surface area contributed by atoms with Crippen molar-refractivity contribution >= 4 is 5.91 Å². The van der Waals surface area contributed by atoms with E-state index in [-0.39, 0.29) is 12.0 Å². The minimum Gasteiger partial charge on any atom is -0.374 e. The molecule has 1 atom stereocenters. The van der Waals surface area contributed by atoms with Crippen molar-refractivity contribution in [1.29, 1.82) is 0 Å². The van der Waals surface area contributed by atoms with Gasteiger partial charge in [-0.15, -0.1) is 0 Å². The molecule has 122 valence electrons. The molecule has 2 fully saturated rings. The topological polar surface area (TPSA) is 74.3 Å². The van der Waals surface area contributed by atoms with Crippen molar-refractivity contribution in [1.82, 2.24) is 25.0 Å². The quantitative estimate of drug-likeness (QED) is 0.784. The van der Waals surface area contributed by atoms with Crippen molar-refractivity contribution in [3.05, 3.63) is 12.2 Å². The van der Waals surface area contributed by atoms with Crippen LogP contribution in [0.1, 0.15) is 25.1 Å². The van der Waals surface area contributed by atoms with Gasteiger partial charge in [0, 0.05) is 39.0 Å². The SMILES string of the molecule is CN1CCOC(CN(CC2CC2)C(=O)CCc2ncn[nH]2)C1. The number of carbonyl (C=O) groups is 1. The van der Waals surface area contributed by atoms with E-state index in [1.54, 1.807) is 0 Å². The third kappa shape index (κ3) is 4.51.